The molecule has 1 saturated heterocycles. The minimum absolute atomic E-state index is 0.114. The second-order valence-corrected chi connectivity index (χ2v) is 10.9. The van der Waals surface area contributed by atoms with Gasteiger partial charge in [0.15, 0.2) is 11.8 Å². The first-order valence-electron chi connectivity index (χ1n) is 9.22. The Morgan fingerprint density at radius 3 is 2.39 bits per heavy atom. The van der Waals surface area contributed by atoms with Crippen LogP contribution in [0.2, 0.25) is 15.1 Å². The van der Waals surface area contributed by atoms with E-state index in [0.29, 0.717) is 4.32 Å². The van der Waals surface area contributed by atoms with Gasteiger partial charge in [-0.25, -0.2) is 0 Å². The molecular weight excluding hydrogens is 499 g/mol. The van der Waals surface area contributed by atoms with Gasteiger partial charge in [0.2, 0.25) is 0 Å². The van der Waals surface area contributed by atoms with Gasteiger partial charge < -0.3 is 4.84 Å². The molecule has 1 aliphatic rings. The summed E-state index contributed by atoms with van der Waals surface area (Å²) in [5.41, 5.74) is 0.917. The van der Waals surface area contributed by atoms with Crippen LogP contribution in [0.15, 0.2) is 42.5 Å². The van der Waals surface area contributed by atoms with Crippen molar-refractivity contribution in [3.63, 3.8) is 0 Å². The van der Waals surface area contributed by atoms with Gasteiger partial charge in [-0.3, -0.25) is 14.5 Å². The highest BCUT2D eigenvalue weighted by atomic mass is 35.5. The van der Waals surface area contributed by atoms with E-state index in [1.54, 1.807) is 0 Å². The molecule has 0 bridgehead atoms. The number of carbonyl (C=O) groups excluding carboxylic acids is 2. The molecule has 2 amide bonds. The maximum absolute atomic E-state index is 13.6. The summed E-state index contributed by atoms with van der Waals surface area (Å²) in [4.78, 5) is 33.5. The summed E-state index contributed by atoms with van der Waals surface area (Å²) in [5.74, 6) is -0.701. The second kappa shape index (κ2) is 9.55. The van der Waals surface area contributed by atoms with Gasteiger partial charge >= 0.3 is 0 Å². The fourth-order valence-electron chi connectivity index (χ4n) is 3.14. The number of amides is 2. The van der Waals surface area contributed by atoms with E-state index in [9.17, 15) is 9.59 Å². The third-order valence-electron chi connectivity index (χ3n) is 4.63. The number of thiocarbonyl (C=S) groups is 1. The molecule has 1 unspecified atom stereocenters. The van der Waals surface area contributed by atoms with Crippen molar-refractivity contribution in [1.82, 2.24) is 9.96 Å². The van der Waals surface area contributed by atoms with Crippen molar-refractivity contribution in [1.29, 1.82) is 0 Å². The highest BCUT2D eigenvalue weighted by Crippen LogP contribution is 2.41. The molecule has 2 aromatic carbocycles. The van der Waals surface area contributed by atoms with Gasteiger partial charge in [-0.2, -0.15) is 5.06 Å². The molecule has 164 valence electrons. The number of carbonyl (C=O) groups is 2. The van der Waals surface area contributed by atoms with Crippen molar-refractivity contribution < 1.29 is 14.4 Å². The molecular formula is C21H19Cl3N2O3S2. The topological polar surface area (TPSA) is 49.9 Å². The zero-order chi connectivity index (χ0) is 22.9. The fraction of sp³-hybridized carbons (Fsp3) is 0.286. The number of nitrogens with zero attached hydrogens (tertiary/aromatic N) is 2. The lowest BCUT2D eigenvalue weighted by Crippen LogP contribution is -2.63. The minimum atomic E-state index is -0.962. The summed E-state index contributed by atoms with van der Waals surface area (Å²) in [6, 6.07) is 11.3. The molecule has 1 heterocycles. The number of benzene rings is 2. The fourth-order valence-corrected chi connectivity index (χ4v) is 5.53. The first kappa shape index (κ1) is 24.1. The van der Waals surface area contributed by atoms with Crippen LogP contribution in [0.5, 0.6) is 5.75 Å². The molecule has 0 aliphatic carbocycles. The number of rotatable bonds is 5. The van der Waals surface area contributed by atoms with E-state index in [0.717, 1.165) is 10.6 Å². The Balaban J connectivity index is 1.96. The lowest BCUT2D eigenvalue weighted by molar-refractivity contribution is -0.173. The largest absolute Gasteiger partial charge is 0.374 e. The molecule has 1 fully saturated rings. The monoisotopic (exact) mass is 516 g/mol. The van der Waals surface area contributed by atoms with E-state index in [1.807, 2.05) is 44.2 Å². The van der Waals surface area contributed by atoms with Crippen molar-refractivity contribution in [3.05, 3.63) is 63.1 Å². The third kappa shape index (κ3) is 5.29. The van der Waals surface area contributed by atoms with Crippen molar-refractivity contribution in [3.8, 4) is 5.75 Å². The molecule has 1 atom stereocenters. The lowest BCUT2D eigenvalue weighted by Gasteiger charge is -2.45. The summed E-state index contributed by atoms with van der Waals surface area (Å²) in [7, 11) is 0. The number of hydroxylamine groups is 2. The molecule has 1 aliphatic heterocycles. The molecule has 3 rings (SSSR count). The van der Waals surface area contributed by atoms with E-state index < -0.39 is 16.7 Å². The average Bonchev–Trinajstić information content (AvgIpc) is 2.68. The van der Waals surface area contributed by atoms with E-state index in [4.69, 9.17) is 51.9 Å². The third-order valence-corrected chi connectivity index (χ3v) is 7.26. The van der Waals surface area contributed by atoms with Gasteiger partial charge in [-0.1, -0.05) is 89.1 Å². The van der Waals surface area contributed by atoms with E-state index in [-0.39, 0.29) is 33.3 Å². The average molecular weight is 518 g/mol. The first-order valence-corrected chi connectivity index (χ1v) is 11.6. The van der Waals surface area contributed by atoms with Crippen LogP contribution in [0.3, 0.4) is 0 Å². The van der Waals surface area contributed by atoms with Crippen LogP contribution in [-0.4, -0.2) is 36.9 Å². The van der Waals surface area contributed by atoms with Crippen LogP contribution in [0, 0.1) is 0 Å². The number of thioether (sulfide) groups is 1. The molecule has 5 nitrogen and oxygen atoms in total. The van der Waals surface area contributed by atoms with Gasteiger partial charge in [0, 0.05) is 13.0 Å². The molecule has 0 N–H and O–H groups in total. The quantitative estimate of drug-likeness (QED) is 0.277. The van der Waals surface area contributed by atoms with Gasteiger partial charge in [-0.05, 0) is 25.5 Å². The molecule has 0 radical (unpaired) electrons. The van der Waals surface area contributed by atoms with Crippen LogP contribution in [0.25, 0.3) is 0 Å². The Morgan fingerprint density at radius 2 is 1.77 bits per heavy atom. The molecule has 10 heteroatoms. The summed E-state index contributed by atoms with van der Waals surface area (Å²) in [5, 5.41) is 1.64. The van der Waals surface area contributed by atoms with Gasteiger partial charge in [-0.15, -0.1) is 0 Å². The normalized spacial score (nSPS) is 18.1. The number of hydrogen-bond acceptors (Lipinski definition) is 5. The zero-order valence-electron chi connectivity index (χ0n) is 16.9. The van der Waals surface area contributed by atoms with E-state index in [1.165, 1.54) is 35.7 Å². The van der Waals surface area contributed by atoms with Crippen molar-refractivity contribution in [2.45, 2.75) is 38.1 Å². The highest BCUT2D eigenvalue weighted by molar-refractivity contribution is 8.24. The van der Waals surface area contributed by atoms with Crippen LogP contribution in [0.1, 0.15) is 26.3 Å². The van der Waals surface area contributed by atoms with Crippen LogP contribution in [-0.2, 0) is 16.1 Å². The van der Waals surface area contributed by atoms with Crippen molar-refractivity contribution >= 4 is 74.9 Å². The van der Waals surface area contributed by atoms with Crippen molar-refractivity contribution in [2.24, 2.45) is 0 Å². The van der Waals surface area contributed by atoms with Crippen molar-refractivity contribution in [2.75, 3.05) is 0 Å². The first-order chi connectivity index (χ1) is 14.5. The Morgan fingerprint density at radius 1 is 1.16 bits per heavy atom. The minimum Gasteiger partial charge on any atom is -0.374 e. The number of hydrogen-bond donors (Lipinski definition) is 0. The molecule has 0 spiro atoms. The Hall–Kier alpha value is -1.51. The van der Waals surface area contributed by atoms with E-state index >= 15 is 0 Å². The summed E-state index contributed by atoms with van der Waals surface area (Å²) >= 11 is 25.1. The summed E-state index contributed by atoms with van der Waals surface area (Å²) in [6.45, 7) is 5.27. The Kier molecular flexibility index (Phi) is 7.43. The van der Waals surface area contributed by atoms with E-state index in [2.05, 4.69) is 0 Å². The zero-order valence-corrected chi connectivity index (χ0v) is 20.8. The van der Waals surface area contributed by atoms with Gasteiger partial charge in [0.25, 0.3) is 11.8 Å². The summed E-state index contributed by atoms with van der Waals surface area (Å²) < 4.78 is -0.318. The molecule has 2 aromatic rings. The van der Waals surface area contributed by atoms with Crippen LogP contribution >= 0.6 is 58.8 Å². The van der Waals surface area contributed by atoms with Gasteiger partial charge in [0.1, 0.15) is 4.32 Å². The second-order valence-electron chi connectivity index (χ2n) is 7.42. The predicted molar refractivity (Wildman–Crippen MR) is 130 cm³/mol. The maximum atomic E-state index is 13.6. The smallest absolute Gasteiger partial charge is 0.256 e. The van der Waals surface area contributed by atoms with Crippen LogP contribution < -0.4 is 4.84 Å². The SMILES string of the molecule is CC(=O)N(Oc1cc(Cl)c(Cl)cc1Cl)C1C(=O)N(Cc2ccccc2)C(=S)SC1(C)C. The lowest BCUT2D eigenvalue weighted by atomic mass is 10.0. The van der Waals surface area contributed by atoms with Crippen LogP contribution in [0.4, 0.5) is 0 Å². The highest BCUT2D eigenvalue weighted by Gasteiger charge is 2.51. The summed E-state index contributed by atoms with van der Waals surface area (Å²) in [6.07, 6.45) is 0. The van der Waals surface area contributed by atoms with Gasteiger partial charge in [0.05, 0.1) is 26.4 Å². The molecule has 31 heavy (non-hydrogen) atoms. The Bertz CT molecular complexity index is 1030. The molecule has 0 aromatic heterocycles. The maximum Gasteiger partial charge on any atom is 0.256 e. The molecule has 0 saturated carbocycles. The predicted octanol–water partition coefficient (Wildman–Crippen LogP) is 6.00. The number of halogens is 3. The Labute approximate surface area is 205 Å². The standard InChI is InChI=1S/C21H19Cl3N2O3S2/c1-12(27)26(29-17-10-15(23)14(22)9-16(17)24)18-19(28)25(20(30)31-21(18,2)3)11-13-7-5-4-6-8-13/h4-10,18H,11H2,1-3H3.